The van der Waals surface area contributed by atoms with Gasteiger partial charge in [-0.3, -0.25) is 4.79 Å². The first kappa shape index (κ1) is 15.3. The molecular formula is C17H21N5O. The van der Waals surface area contributed by atoms with Gasteiger partial charge >= 0.3 is 0 Å². The predicted octanol–water partition coefficient (Wildman–Crippen LogP) is 3.38. The van der Waals surface area contributed by atoms with Gasteiger partial charge in [-0.25, -0.2) is 9.97 Å². The molecule has 6 heteroatoms. The summed E-state index contributed by atoms with van der Waals surface area (Å²) in [6.07, 6.45) is 1.94. The van der Waals surface area contributed by atoms with E-state index in [9.17, 15) is 4.79 Å². The molecule has 0 spiro atoms. The second-order valence-corrected chi connectivity index (χ2v) is 6.81. The van der Waals surface area contributed by atoms with Gasteiger partial charge in [0.2, 0.25) is 0 Å². The van der Waals surface area contributed by atoms with Gasteiger partial charge in [-0.2, -0.15) is 0 Å². The molecule has 3 rings (SSSR count). The molecule has 2 heterocycles. The van der Waals surface area contributed by atoms with Crippen molar-refractivity contribution in [2.24, 2.45) is 7.05 Å². The van der Waals surface area contributed by atoms with Crippen LogP contribution >= 0.6 is 0 Å². The van der Waals surface area contributed by atoms with Crippen LogP contribution in [0.2, 0.25) is 0 Å². The third kappa shape index (κ3) is 3.11. The van der Waals surface area contributed by atoms with Crippen LogP contribution in [0.3, 0.4) is 0 Å². The molecular weight excluding hydrogens is 290 g/mol. The highest BCUT2D eigenvalue weighted by molar-refractivity contribution is 5.97. The van der Waals surface area contributed by atoms with Crippen molar-refractivity contribution >= 4 is 22.6 Å². The van der Waals surface area contributed by atoms with Gasteiger partial charge in [-0.05, 0) is 45.9 Å². The number of hydrogen-bond acceptors (Lipinski definition) is 4. The molecule has 0 radical (unpaired) electrons. The SMILES string of the molecule is CC(=O)c1ccc2nc(-c3nc(NC(C)(C)C)cn3C)[nH]c2c1. The number of ketones is 1. The number of rotatable bonds is 3. The number of nitrogens with zero attached hydrogens (tertiary/aromatic N) is 3. The Labute approximate surface area is 135 Å². The summed E-state index contributed by atoms with van der Waals surface area (Å²) in [6.45, 7) is 7.82. The summed E-state index contributed by atoms with van der Waals surface area (Å²) in [5.74, 6) is 2.28. The fourth-order valence-corrected chi connectivity index (χ4v) is 2.47. The molecule has 6 nitrogen and oxygen atoms in total. The largest absolute Gasteiger partial charge is 0.364 e. The summed E-state index contributed by atoms with van der Waals surface area (Å²) in [6, 6.07) is 5.47. The quantitative estimate of drug-likeness (QED) is 0.727. The van der Waals surface area contributed by atoms with Crippen LogP contribution in [-0.2, 0) is 7.05 Å². The fourth-order valence-electron chi connectivity index (χ4n) is 2.47. The van der Waals surface area contributed by atoms with E-state index in [2.05, 4.69) is 41.0 Å². The number of imidazole rings is 2. The van der Waals surface area contributed by atoms with E-state index in [0.717, 1.165) is 22.7 Å². The Morgan fingerprint density at radius 3 is 2.65 bits per heavy atom. The van der Waals surface area contributed by atoms with E-state index < -0.39 is 0 Å². The number of carbonyl (C=O) groups excluding carboxylic acids is 1. The number of Topliss-reactive ketones (excluding diaryl/α,β-unsaturated/α-hetero) is 1. The van der Waals surface area contributed by atoms with Gasteiger partial charge in [0, 0.05) is 24.3 Å². The summed E-state index contributed by atoms with van der Waals surface area (Å²) >= 11 is 0. The maximum atomic E-state index is 11.5. The normalized spacial score (nSPS) is 11.9. The minimum absolute atomic E-state index is 0.0386. The Morgan fingerprint density at radius 1 is 1.26 bits per heavy atom. The second-order valence-electron chi connectivity index (χ2n) is 6.81. The average Bonchev–Trinajstić information content (AvgIpc) is 2.98. The molecule has 0 saturated carbocycles. The molecule has 0 bridgehead atoms. The topological polar surface area (TPSA) is 75.6 Å². The molecule has 1 aromatic carbocycles. The number of benzene rings is 1. The van der Waals surface area contributed by atoms with E-state index >= 15 is 0 Å². The predicted molar refractivity (Wildman–Crippen MR) is 91.7 cm³/mol. The maximum absolute atomic E-state index is 11.5. The first-order valence-corrected chi connectivity index (χ1v) is 7.55. The van der Waals surface area contributed by atoms with Crippen molar-refractivity contribution in [1.82, 2.24) is 19.5 Å². The Hall–Kier alpha value is -2.63. The number of aromatic nitrogens is 4. The number of aryl methyl sites for hydroxylation is 1. The highest BCUT2D eigenvalue weighted by Gasteiger charge is 2.16. The number of nitrogens with one attached hydrogen (secondary N) is 2. The van der Waals surface area contributed by atoms with Crippen molar-refractivity contribution in [2.45, 2.75) is 33.2 Å². The van der Waals surface area contributed by atoms with Gasteiger partial charge in [0.1, 0.15) is 5.82 Å². The van der Waals surface area contributed by atoms with Gasteiger partial charge in [0.15, 0.2) is 17.4 Å². The number of H-pyrrole nitrogens is 1. The van der Waals surface area contributed by atoms with Crippen LogP contribution in [-0.4, -0.2) is 30.8 Å². The standard InChI is InChI=1S/C17H21N5O/c1-10(23)11-6-7-12-13(8-11)19-15(18-12)16-20-14(9-22(16)5)21-17(2,3)4/h6-9,21H,1-5H3,(H,18,19). The van der Waals surface area contributed by atoms with Crippen molar-refractivity contribution < 1.29 is 4.79 Å². The zero-order valence-electron chi connectivity index (χ0n) is 14.1. The fraction of sp³-hybridized carbons (Fsp3) is 0.353. The minimum Gasteiger partial charge on any atom is -0.364 e. The summed E-state index contributed by atoms with van der Waals surface area (Å²) in [5.41, 5.74) is 2.26. The first-order chi connectivity index (χ1) is 10.7. The zero-order chi connectivity index (χ0) is 16.8. The molecule has 2 aromatic heterocycles. The minimum atomic E-state index is -0.0596. The van der Waals surface area contributed by atoms with E-state index in [0.29, 0.717) is 11.4 Å². The molecule has 0 atom stereocenters. The molecule has 0 aliphatic rings. The van der Waals surface area contributed by atoms with Crippen LogP contribution in [0.15, 0.2) is 24.4 Å². The number of carbonyl (C=O) groups is 1. The Balaban J connectivity index is 2.01. The van der Waals surface area contributed by atoms with Crippen LogP contribution in [0, 0.1) is 0 Å². The van der Waals surface area contributed by atoms with Crippen molar-refractivity contribution in [3.63, 3.8) is 0 Å². The zero-order valence-corrected chi connectivity index (χ0v) is 14.1. The highest BCUT2D eigenvalue weighted by Crippen LogP contribution is 2.23. The summed E-state index contributed by atoms with van der Waals surface area (Å²) in [4.78, 5) is 23.9. The van der Waals surface area contributed by atoms with Gasteiger partial charge in [0.25, 0.3) is 0 Å². The van der Waals surface area contributed by atoms with E-state index in [-0.39, 0.29) is 11.3 Å². The van der Waals surface area contributed by atoms with Gasteiger partial charge in [0.05, 0.1) is 11.0 Å². The van der Waals surface area contributed by atoms with Gasteiger partial charge < -0.3 is 14.9 Å². The molecule has 0 unspecified atom stereocenters. The van der Waals surface area contributed by atoms with Crippen LogP contribution in [0.1, 0.15) is 38.1 Å². The third-order valence-corrected chi connectivity index (χ3v) is 3.48. The van der Waals surface area contributed by atoms with Crippen LogP contribution < -0.4 is 5.32 Å². The summed E-state index contributed by atoms with van der Waals surface area (Å²) in [7, 11) is 1.93. The summed E-state index contributed by atoms with van der Waals surface area (Å²) < 4.78 is 1.93. The van der Waals surface area contributed by atoms with E-state index in [1.165, 1.54) is 0 Å². The van der Waals surface area contributed by atoms with E-state index in [1.54, 1.807) is 13.0 Å². The molecule has 0 aliphatic heterocycles. The number of fused-ring (bicyclic) bond motifs is 1. The lowest BCUT2D eigenvalue weighted by molar-refractivity contribution is 0.101. The molecule has 23 heavy (non-hydrogen) atoms. The van der Waals surface area contributed by atoms with Crippen LogP contribution in [0.4, 0.5) is 5.82 Å². The molecule has 2 N–H and O–H groups in total. The lowest BCUT2D eigenvalue weighted by Gasteiger charge is -2.19. The van der Waals surface area contributed by atoms with E-state index in [4.69, 9.17) is 0 Å². The smallest absolute Gasteiger partial charge is 0.178 e. The van der Waals surface area contributed by atoms with Crippen molar-refractivity contribution in [3.05, 3.63) is 30.0 Å². The maximum Gasteiger partial charge on any atom is 0.178 e. The van der Waals surface area contributed by atoms with E-state index in [1.807, 2.05) is 29.9 Å². The molecule has 0 amide bonds. The molecule has 3 aromatic rings. The number of hydrogen-bond donors (Lipinski definition) is 2. The number of aromatic amines is 1. The second kappa shape index (κ2) is 5.22. The molecule has 120 valence electrons. The van der Waals surface area contributed by atoms with Crippen LogP contribution in [0.5, 0.6) is 0 Å². The van der Waals surface area contributed by atoms with Gasteiger partial charge in [-0.1, -0.05) is 0 Å². The monoisotopic (exact) mass is 311 g/mol. The van der Waals surface area contributed by atoms with Crippen molar-refractivity contribution in [2.75, 3.05) is 5.32 Å². The molecule has 0 saturated heterocycles. The first-order valence-electron chi connectivity index (χ1n) is 7.55. The van der Waals surface area contributed by atoms with Crippen LogP contribution in [0.25, 0.3) is 22.7 Å². The average molecular weight is 311 g/mol. The Kier molecular flexibility index (Phi) is 3.47. The van der Waals surface area contributed by atoms with Gasteiger partial charge in [-0.15, -0.1) is 0 Å². The number of anilines is 1. The van der Waals surface area contributed by atoms with Crippen molar-refractivity contribution in [3.8, 4) is 11.6 Å². The summed E-state index contributed by atoms with van der Waals surface area (Å²) in [5, 5.41) is 3.35. The Morgan fingerprint density at radius 2 is 2.00 bits per heavy atom. The molecule has 0 fully saturated rings. The Bertz CT molecular complexity index is 882. The molecule has 0 aliphatic carbocycles. The lowest BCUT2D eigenvalue weighted by Crippen LogP contribution is -2.26. The third-order valence-electron chi connectivity index (χ3n) is 3.48. The lowest BCUT2D eigenvalue weighted by atomic mass is 10.1. The van der Waals surface area contributed by atoms with Crippen molar-refractivity contribution in [1.29, 1.82) is 0 Å². The highest BCUT2D eigenvalue weighted by atomic mass is 16.1.